The summed E-state index contributed by atoms with van der Waals surface area (Å²) >= 11 is 0. The fourth-order valence-electron chi connectivity index (χ4n) is 1.40. The zero-order valence-corrected chi connectivity index (χ0v) is 8.10. The average Bonchev–Trinajstić information content (AvgIpc) is 2.85. The number of hydrogen-bond donors (Lipinski definition) is 1. The number of furan rings is 1. The maximum Gasteiger partial charge on any atom is 0.176 e. The molecule has 0 spiro atoms. The van der Waals surface area contributed by atoms with Crippen LogP contribution in [-0.4, -0.2) is 9.55 Å². The zero-order valence-electron chi connectivity index (χ0n) is 8.10. The summed E-state index contributed by atoms with van der Waals surface area (Å²) in [6, 6.07) is 3.78. The van der Waals surface area contributed by atoms with E-state index in [2.05, 4.69) is 11.9 Å². The van der Waals surface area contributed by atoms with Crippen molar-refractivity contribution in [2.24, 2.45) is 5.73 Å². The Bertz CT molecular complexity index is 416. The fourth-order valence-corrected chi connectivity index (χ4v) is 1.40. The number of imidazole rings is 1. The highest BCUT2D eigenvalue weighted by Gasteiger charge is 2.08. The summed E-state index contributed by atoms with van der Waals surface area (Å²) in [4.78, 5) is 4.23. The minimum absolute atomic E-state index is 0.423. The van der Waals surface area contributed by atoms with E-state index in [9.17, 15) is 0 Å². The lowest BCUT2D eigenvalue weighted by Gasteiger charge is -2.00. The van der Waals surface area contributed by atoms with Crippen LogP contribution >= 0.6 is 0 Å². The Morgan fingerprint density at radius 3 is 3.00 bits per heavy atom. The van der Waals surface area contributed by atoms with Crippen LogP contribution in [0.25, 0.3) is 11.6 Å². The lowest BCUT2D eigenvalue weighted by Crippen LogP contribution is -1.95. The molecule has 2 heterocycles. The van der Waals surface area contributed by atoms with E-state index >= 15 is 0 Å². The highest BCUT2D eigenvalue weighted by molar-refractivity contribution is 5.47. The molecule has 2 aromatic heterocycles. The predicted octanol–water partition coefficient (Wildman–Crippen LogP) is 1.62. The van der Waals surface area contributed by atoms with Crippen molar-refractivity contribution in [3.63, 3.8) is 0 Å². The molecule has 2 rings (SSSR count). The Morgan fingerprint density at radius 2 is 2.36 bits per heavy atom. The molecule has 4 nitrogen and oxygen atoms in total. The number of nitrogens with zero attached hydrogens (tertiary/aromatic N) is 2. The van der Waals surface area contributed by atoms with Crippen LogP contribution in [0, 0.1) is 0 Å². The van der Waals surface area contributed by atoms with E-state index in [1.54, 1.807) is 6.20 Å². The maximum absolute atomic E-state index is 5.51. The Balaban J connectivity index is 2.38. The van der Waals surface area contributed by atoms with Crippen molar-refractivity contribution in [1.29, 1.82) is 0 Å². The van der Waals surface area contributed by atoms with Crippen LogP contribution in [-0.2, 0) is 13.1 Å². The van der Waals surface area contributed by atoms with E-state index in [1.165, 1.54) is 0 Å². The van der Waals surface area contributed by atoms with Gasteiger partial charge in [-0.05, 0) is 19.1 Å². The molecule has 0 unspecified atom stereocenters. The highest BCUT2D eigenvalue weighted by atomic mass is 16.3. The predicted molar refractivity (Wildman–Crippen MR) is 53.5 cm³/mol. The van der Waals surface area contributed by atoms with Gasteiger partial charge in [0.05, 0.1) is 6.54 Å². The lowest BCUT2D eigenvalue weighted by molar-refractivity contribution is 0.518. The van der Waals surface area contributed by atoms with Crippen molar-refractivity contribution in [2.45, 2.75) is 20.0 Å². The number of hydrogen-bond acceptors (Lipinski definition) is 3. The summed E-state index contributed by atoms with van der Waals surface area (Å²) in [5.41, 5.74) is 5.47. The van der Waals surface area contributed by atoms with Crippen molar-refractivity contribution >= 4 is 0 Å². The molecule has 0 radical (unpaired) electrons. The van der Waals surface area contributed by atoms with Crippen molar-refractivity contribution in [3.8, 4) is 11.6 Å². The van der Waals surface area contributed by atoms with E-state index in [0.29, 0.717) is 6.54 Å². The smallest absolute Gasteiger partial charge is 0.176 e. The van der Waals surface area contributed by atoms with Gasteiger partial charge in [-0.25, -0.2) is 4.98 Å². The average molecular weight is 191 g/mol. The second-order valence-corrected chi connectivity index (χ2v) is 3.01. The number of aromatic nitrogens is 2. The molecule has 0 saturated heterocycles. The van der Waals surface area contributed by atoms with Crippen LogP contribution in [0.15, 0.2) is 28.9 Å². The molecule has 0 aliphatic rings. The number of rotatable bonds is 3. The Labute approximate surface area is 82.4 Å². The van der Waals surface area contributed by atoms with Gasteiger partial charge in [0.1, 0.15) is 5.76 Å². The highest BCUT2D eigenvalue weighted by Crippen LogP contribution is 2.20. The first-order valence-corrected chi connectivity index (χ1v) is 4.65. The topological polar surface area (TPSA) is 57.0 Å². The Morgan fingerprint density at radius 1 is 1.50 bits per heavy atom. The van der Waals surface area contributed by atoms with Gasteiger partial charge in [0.25, 0.3) is 0 Å². The second-order valence-electron chi connectivity index (χ2n) is 3.01. The first-order valence-electron chi connectivity index (χ1n) is 4.65. The number of aryl methyl sites for hydroxylation is 1. The SMILES string of the molecule is CCn1ccnc1-c1ccc(CN)o1. The van der Waals surface area contributed by atoms with Crippen LogP contribution < -0.4 is 5.73 Å². The van der Waals surface area contributed by atoms with Crippen LogP contribution in [0.3, 0.4) is 0 Å². The Kier molecular flexibility index (Phi) is 2.37. The quantitative estimate of drug-likeness (QED) is 0.802. The summed E-state index contributed by atoms with van der Waals surface area (Å²) in [5.74, 6) is 2.41. The molecule has 14 heavy (non-hydrogen) atoms. The Hall–Kier alpha value is -1.55. The van der Waals surface area contributed by atoms with E-state index in [-0.39, 0.29) is 0 Å². The summed E-state index contributed by atoms with van der Waals surface area (Å²) in [5, 5.41) is 0. The summed E-state index contributed by atoms with van der Waals surface area (Å²) in [6.45, 7) is 3.37. The summed E-state index contributed by atoms with van der Waals surface area (Å²) in [6.07, 6.45) is 3.70. The van der Waals surface area contributed by atoms with Crippen molar-refractivity contribution in [1.82, 2.24) is 9.55 Å². The third kappa shape index (κ3) is 1.44. The third-order valence-electron chi connectivity index (χ3n) is 2.14. The lowest BCUT2D eigenvalue weighted by atomic mass is 10.4. The summed E-state index contributed by atoms with van der Waals surface area (Å²) in [7, 11) is 0. The molecule has 0 aliphatic heterocycles. The van der Waals surface area contributed by atoms with Gasteiger partial charge in [0.15, 0.2) is 11.6 Å². The van der Waals surface area contributed by atoms with Gasteiger partial charge in [-0.15, -0.1) is 0 Å². The molecule has 0 bridgehead atoms. The molecular weight excluding hydrogens is 178 g/mol. The van der Waals surface area contributed by atoms with E-state index in [4.69, 9.17) is 10.2 Å². The minimum atomic E-state index is 0.423. The molecule has 0 fully saturated rings. The molecule has 0 atom stereocenters. The molecule has 0 aliphatic carbocycles. The normalized spacial score (nSPS) is 10.7. The fraction of sp³-hybridized carbons (Fsp3) is 0.300. The molecule has 0 amide bonds. The van der Waals surface area contributed by atoms with Gasteiger partial charge in [-0.3, -0.25) is 0 Å². The minimum Gasteiger partial charge on any atom is -0.456 e. The molecular formula is C10H13N3O. The molecule has 74 valence electrons. The van der Waals surface area contributed by atoms with E-state index < -0.39 is 0 Å². The molecule has 4 heteroatoms. The molecule has 2 N–H and O–H groups in total. The van der Waals surface area contributed by atoms with Crippen LogP contribution in [0.2, 0.25) is 0 Å². The van der Waals surface area contributed by atoms with Crippen molar-refractivity contribution in [2.75, 3.05) is 0 Å². The van der Waals surface area contributed by atoms with Gasteiger partial charge in [-0.1, -0.05) is 0 Å². The van der Waals surface area contributed by atoms with E-state index in [1.807, 2.05) is 22.9 Å². The third-order valence-corrected chi connectivity index (χ3v) is 2.14. The van der Waals surface area contributed by atoms with Gasteiger partial charge in [0.2, 0.25) is 0 Å². The van der Waals surface area contributed by atoms with E-state index in [0.717, 1.165) is 23.9 Å². The molecule has 2 aromatic rings. The monoisotopic (exact) mass is 191 g/mol. The maximum atomic E-state index is 5.51. The van der Waals surface area contributed by atoms with Gasteiger partial charge in [-0.2, -0.15) is 0 Å². The second kappa shape index (κ2) is 3.67. The number of nitrogens with two attached hydrogens (primary N) is 1. The standard InChI is InChI=1S/C10H13N3O/c1-2-13-6-5-12-10(13)9-4-3-8(7-11)14-9/h3-6H,2,7,11H2,1H3. The molecule has 0 saturated carbocycles. The summed E-state index contributed by atoms with van der Waals surface area (Å²) < 4.78 is 7.54. The largest absolute Gasteiger partial charge is 0.456 e. The first-order chi connectivity index (χ1) is 6.85. The molecule has 0 aromatic carbocycles. The van der Waals surface area contributed by atoms with Crippen LogP contribution in [0.1, 0.15) is 12.7 Å². The zero-order chi connectivity index (χ0) is 9.97. The van der Waals surface area contributed by atoms with Crippen molar-refractivity contribution in [3.05, 3.63) is 30.3 Å². The first kappa shape index (κ1) is 9.02. The van der Waals surface area contributed by atoms with Crippen molar-refractivity contribution < 1.29 is 4.42 Å². The van der Waals surface area contributed by atoms with Gasteiger partial charge >= 0.3 is 0 Å². The van der Waals surface area contributed by atoms with Gasteiger partial charge in [0, 0.05) is 18.9 Å². The van der Waals surface area contributed by atoms with Crippen LogP contribution in [0.4, 0.5) is 0 Å². The van der Waals surface area contributed by atoms with Gasteiger partial charge < -0.3 is 14.7 Å². The van der Waals surface area contributed by atoms with Crippen LogP contribution in [0.5, 0.6) is 0 Å².